The van der Waals surface area contributed by atoms with Gasteiger partial charge in [-0.2, -0.15) is 0 Å². The lowest BCUT2D eigenvalue weighted by Gasteiger charge is -2.36. The van der Waals surface area contributed by atoms with E-state index in [1.807, 2.05) is 23.1 Å². The van der Waals surface area contributed by atoms with Crippen LogP contribution in [0.4, 0.5) is 10.2 Å². The summed E-state index contributed by atoms with van der Waals surface area (Å²) in [6.45, 7) is 1.57. The van der Waals surface area contributed by atoms with Gasteiger partial charge in [0.25, 0.3) is 5.91 Å². The number of methoxy groups -OCH3 is 1. The second kappa shape index (κ2) is 10.1. The molecule has 35 heavy (non-hydrogen) atoms. The Kier molecular flexibility index (Phi) is 6.76. The molecule has 184 valence electrons. The molecular weight excluding hydrogens is 453 g/mol. The molecule has 0 unspecified atom stereocenters. The Bertz CT molecular complexity index is 1230. The molecule has 3 atom stereocenters. The summed E-state index contributed by atoms with van der Waals surface area (Å²) in [6.07, 6.45) is 0.407. The average Bonchev–Trinajstić information content (AvgIpc) is 2.87. The van der Waals surface area contributed by atoms with Crippen molar-refractivity contribution in [3.63, 3.8) is 0 Å². The molecule has 2 aliphatic heterocycles. The summed E-state index contributed by atoms with van der Waals surface area (Å²) < 4.78 is 25.7. The number of carbonyl (C=O) groups is 1. The molecule has 5 rings (SSSR count). The quantitative estimate of drug-likeness (QED) is 0.471. The smallest absolute Gasteiger partial charge is 0.263 e. The van der Waals surface area contributed by atoms with Crippen LogP contribution in [-0.2, 0) is 11.3 Å². The Hall–Kier alpha value is -3.34. The van der Waals surface area contributed by atoms with Gasteiger partial charge in [-0.05, 0) is 54.9 Å². The molecule has 0 spiro atoms. The molecule has 2 aromatic heterocycles. The Morgan fingerprint density at radius 1 is 1.34 bits per heavy atom. The molecule has 9 nitrogen and oxygen atoms in total. The molecule has 0 bridgehead atoms. The standard InChI is InChI=1S/C25H28FN5O4/c1-34-16-3-4-20-18(10-16)17(6-8-27-20)22(32)13-31-9-7-21(19(26)12-31)28-11-15-2-5-23-25(29-15)30-24(33)14-35-23/h2-6,8,10,19,21-22,28,32H,7,9,11-14H2,1H3,(H,29,30,33)/t19-,21-,22+/m1/s1. The zero-order valence-corrected chi connectivity index (χ0v) is 19.4. The third-order valence-corrected chi connectivity index (χ3v) is 6.48. The third kappa shape index (κ3) is 5.19. The van der Waals surface area contributed by atoms with Crippen molar-refractivity contribution in [3.05, 3.63) is 53.9 Å². The van der Waals surface area contributed by atoms with Gasteiger partial charge in [0.1, 0.15) is 11.9 Å². The van der Waals surface area contributed by atoms with Crippen molar-refractivity contribution in [2.45, 2.75) is 31.3 Å². The molecular formula is C25H28FN5O4. The highest BCUT2D eigenvalue weighted by Gasteiger charge is 2.30. The number of hydrogen-bond donors (Lipinski definition) is 3. The van der Waals surface area contributed by atoms with Crippen molar-refractivity contribution in [2.24, 2.45) is 0 Å². The summed E-state index contributed by atoms with van der Waals surface area (Å²) in [5.74, 6) is 1.37. The molecule has 4 heterocycles. The summed E-state index contributed by atoms with van der Waals surface area (Å²) in [5, 5.41) is 17.7. The number of anilines is 1. The number of aliphatic hydroxyl groups excluding tert-OH is 1. The number of aromatic nitrogens is 2. The Balaban J connectivity index is 1.17. The number of piperidine rings is 1. The minimum Gasteiger partial charge on any atom is -0.497 e. The van der Waals surface area contributed by atoms with Gasteiger partial charge >= 0.3 is 0 Å². The molecule has 1 saturated heterocycles. The van der Waals surface area contributed by atoms with Crippen LogP contribution in [0.3, 0.4) is 0 Å². The average molecular weight is 482 g/mol. The number of nitrogens with zero attached hydrogens (tertiary/aromatic N) is 3. The monoisotopic (exact) mass is 481 g/mol. The highest BCUT2D eigenvalue weighted by Crippen LogP contribution is 2.28. The lowest BCUT2D eigenvalue weighted by molar-refractivity contribution is -0.118. The Morgan fingerprint density at radius 2 is 2.23 bits per heavy atom. The van der Waals surface area contributed by atoms with E-state index in [0.29, 0.717) is 49.1 Å². The second-order valence-corrected chi connectivity index (χ2v) is 8.84. The van der Waals surface area contributed by atoms with Gasteiger partial charge in [-0.1, -0.05) is 0 Å². The molecule has 0 radical (unpaired) electrons. The van der Waals surface area contributed by atoms with E-state index in [-0.39, 0.29) is 25.1 Å². The predicted octanol–water partition coefficient (Wildman–Crippen LogP) is 2.20. The van der Waals surface area contributed by atoms with Crippen LogP contribution in [0.2, 0.25) is 0 Å². The van der Waals surface area contributed by atoms with Crippen LogP contribution in [0.1, 0.15) is 23.8 Å². The van der Waals surface area contributed by atoms with E-state index in [2.05, 4.69) is 20.6 Å². The maximum atomic E-state index is 15.0. The van der Waals surface area contributed by atoms with E-state index in [1.165, 1.54) is 0 Å². The molecule has 1 aromatic carbocycles. The Labute approximate surface area is 202 Å². The van der Waals surface area contributed by atoms with Gasteiger partial charge in [0.2, 0.25) is 0 Å². The maximum Gasteiger partial charge on any atom is 0.263 e. The lowest BCUT2D eigenvalue weighted by atomic mass is 10.00. The molecule has 1 amide bonds. The van der Waals surface area contributed by atoms with Gasteiger partial charge in [0.05, 0.1) is 24.4 Å². The molecule has 1 fully saturated rings. The van der Waals surface area contributed by atoms with Gasteiger partial charge in [0, 0.05) is 37.3 Å². The van der Waals surface area contributed by atoms with Crippen molar-refractivity contribution < 1.29 is 23.8 Å². The van der Waals surface area contributed by atoms with E-state index in [9.17, 15) is 9.90 Å². The highest BCUT2D eigenvalue weighted by atomic mass is 19.1. The van der Waals surface area contributed by atoms with E-state index in [4.69, 9.17) is 9.47 Å². The molecule has 0 aliphatic carbocycles. The maximum absolute atomic E-state index is 15.0. The molecule has 10 heteroatoms. The fourth-order valence-corrected chi connectivity index (χ4v) is 4.61. The number of halogens is 1. The number of carbonyl (C=O) groups excluding carboxylic acids is 1. The number of alkyl halides is 1. The van der Waals surface area contributed by atoms with E-state index in [1.54, 1.807) is 31.5 Å². The highest BCUT2D eigenvalue weighted by molar-refractivity contribution is 5.94. The van der Waals surface area contributed by atoms with Crippen LogP contribution in [0, 0.1) is 0 Å². The number of likely N-dealkylation sites (tertiary alicyclic amines) is 1. The van der Waals surface area contributed by atoms with E-state index in [0.717, 1.165) is 16.5 Å². The largest absolute Gasteiger partial charge is 0.497 e. The summed E-state index contributed by atoms with van der Waals surface area (Å²) in [7, 11) is 1.60. The molecule has 2 aliphatic rings. The number of benzene rings is 1. The van der Waals surface area contributed by atoms with Crippen LogP contribution >= 0.6 is 0 Å². The topological polar surface area (TPSA) is 109 Å². The zero-order chi connectivity index (χ0) is 24.4. The normalized spacial score (nSPS) is 21.2. The summed E-state index contributed by atoms with van der Waals surface area (Å²) >= 11 is 0. The summed E-state index contributed by atoms with van der Waals surface area (Å²) in [4.78, 5) is 22.2. The van der Waals surface area contributed by atoms with Crippen molar-refractivity contribution in [2.75, 3.05) is 38.7 Å². The minimum absolute atomic E-state index is 0.0192. The molecule has 3 N–H and O–H groups in total. The zero-order valence-electron chi connectivity index (χ0n) is 19.4. The first kappa shape index (κ1) is 23.4. The first-order valence-corrected chi connectivity index (χ1v) is 11.6. The predicted molar refractivity (Wildman–Crippen MR) is 128 cm³/mol. The van der Waals surface area contributed by atoms with Crippen molar-refractivity contribution in [1.29, 1.82) is 0 Å². The van der Waals surface area contributed by atoms with Gasteiger partial charge in [-0.25, -0.2) is 9.37 Å². The second-order valence-electron chi connectivity index (χ2n) is 8.84. The van der Waals surface area contributed by atoms with Crippen molar-refractivity contribution in [3.8, 4) is 11.5 Å². The number of fused-ring (bicyclic) bond motifs is 2. The first-order chi connectivity index (χ1) is 17.0. The molecule has 0 saturated carbocycles. The number of rotatable bonds is 7. The number of pyridine rings is 2. The van der Waals surface area contributed by atoms with Crippen LogP contribution in [0.25, 0.3) is 10.9 Å². The number of nitrogens with one attached hydrogen (secondary N) is 2. The minimum atomic E-state index is -1.09. The number of ether oxygens (including phenoxy) is 2. The van der Waals surface area contributed by atoms with Crippen molar-refractivity contribution >= 4 is 22.6 Å². The Morgan fingerprint density at radius 3 is 3.06 bits per heavy atom. The SMILES string of the molecule is COc1ccc2nccc([C@@H](O)CN3CC[C@@H](NCc4ccc5c(n4)NC(=O)CO5)[C@H](F)C3)c2c1. The van der Waals surface area contributed by atoms with Crippen LogP contribution < -0.4 is 20.1 Å². The lowest BCUT2D eigenvalue weighted by Crippen LogP contribution is -2.51. The fourth-order valence-electron chi connectivity index (χ4n) is 4.61. The fraction of sp³-hybridized carbons (Fsp3) is 0.400. The number of amides is 1. The van der Waals surface area contributed by atoms with Gasteiger partial charge < -0.3 is 25.2 Å². The van der Waals surface area contributed by atoms with E-state index < -0.39 is 12.3 Å². The third-order valence-electron chi connectivity index (χ3n) is 6.48. The van der Waals surface area contributed by atoms with Crippen LogP contribution in [0.5, 0.6) is 11.5 Å². The number of hydrogen-bond acceptors (Lipinski definition) is 8. The number of β-amino-alcohol motifs (C(OH)–C–C–N with tert-alkyl or cyclic N) is 1. The van der Waals surface area contributed by atoms with Crippen molar-refractivity contribution in [1.82, 2.24) is 20.2 Å². The first-order valence-electron chi connectivity index (χ1n) is 11.6. The van der Waals surface area contributed by atoms with Crippen LogP contribution in [-0.4, -0.2) is 71.4 Å². The van der Waals surface area contributed by atoms with E-state index >= 15 is 4.39 Å². The van der Waals surface area contributed by atoms with Gasteiger partial charge in [-0.15, -0.1) is 0 Å². The number of aliphatic hydroxyl groups is 1. The van der Waals surface area contributed by atoms with Crippen LogP contribution in [0.15, 0.2) is 42.6 Å². The van der Waals surface area contributed by atoms with Gasteiger partial charge in [-0.3, -0.25) is 14.7 Å². The summed E-state index contributed by atoms with van der Waals surface area (Å²) in [6, 6.07) is 10.6. The molecule has 3 aromatic rings. The summed E-state index contributed by atoms with van der Waals surface area (Å²) in [5.41, 5.74) is 2.22. The van der Waals surface area contributed by atoms with Gasteiger partial charge in [0.15, 0.2) is 18.2 Å².